The highest BCUT2D eigenvalue weighted by Gasteiger charge is 2.15. The Hall–Kier alpha value is -3.02. The van der Waals surface area contributed by atoms with Gasteiger partial charge < -0.3 is 9.84 Å². The number of ether oxygens (including phenoxy) is 1. The van der Waals surface area contributed by atoms with E-state index < -0.39 is 12.6 Å². The molecule has 0 saturated carbocycles. The Morgan fingerprint density at radius 1 is 1.12 bits per heavy atom. The van der Waals surface area contributed by atoms with Crippen LogP contribution >= 0.6 is 0 Å². The van der Waals surface area contributed by atoms with Gasteiger partial charge in [0.1, 0.15) is 5.75 Å². The van der Waals surface area contributed by atoms with Crippen molar-refractivity contribution in [3.63, 3.8) is 0 Å². The average Bonchev–Trinajstić information content (AvgIpc) is 2.53. The molecule has 128 valence electrons. The van der Waals surface area contributed by atoms with Crippen molar-refractivity contribution < 1.29 is 23.4 Å². The molecule has 0 aliphatic carbocycles. The summed E-state index contributed by atoms with van der Waals surface area (Å²) in [5.41, 5.74) is 3.63. The highest BCUT2D eigenvalue weighted by atomic mass is 19.3. The Bertz CT molecular complexity index is 953. The van der Waals surface area contributed by atoms with Crippen molar-refractivity contribution in [2.24, 2.45) is 0 Å². The second-order valence-corrected chi connectivity index (χ2v) is 5.74. The van der Waals surface area contributed by atoms with Crippen LogP contribution in [0.1, 0.15) is 21.5 Å². The Labute approximate surface area is 142 Å². The molecule has 0 radical (unpaired) electrons. The summed E-state index contributed by atoms with van der Waals surface area (Å²) in [6.45, 7) is 0.867. The molecule has 0 bridgehead atoms. The van der Waals surface area contributed by atoms with Gasteiger partial charge in [-0.3, -0.25) is 0 Å². The number of carboxylic acid groups (broad SMARTS) is 1. The number of hydrogen-bond donors (Lipinski definition) is 1. The number of carbonyl (C=O) groups is 1. The molecule has 1 aromatic heterocycles. The number of carboxylic acids is 1. The number of nitrogens with zero attached hydrogens (tertiary/aromatic N) is 1. The minimum absolute atomic E-state index is 0.0321. The van der Waals surface area contributed by atoms with E-state index in [-0.39, 0.29) is 11.3 Å². The van der Waals surface area contributed by atoms with Crippen LogP contribution in [0.25, 0.3) is 22.2 Å². The van der Waals surface area contributed by atoms with Gasteiger partial charge in [-0.1, -0.05) is 6.07 Å². The van der Waals surface area contributed by atoms with Gasteiger partial charge in [-0.05, 0) is 61.4 Å². The Kier molecular flexibility index (Phi) is 4.35. The first kappa shape index (κ1) is 16.8. The molecule has 0 unspecified atom stereocenters. The Morgan fingerprint density at radius 2 is 1.80 bits per heavy atom. The Morgan fingerprint density at radius 3 is 2.40 bits per heavy atom. The molecule has 0 saturated heterocycles. The predicted octanol–water partition coefficient (Wildman–Crippen LogP) is 4.82. The number of pyridine rings is 1. The molecule has 3 rings (SSSR count). The molecular formula is C19H15F2NO3. The summed E-state index contributed by atoms with van der Waals surface area (Å²) in [6.07, 6.45) is 0. The van der Waals surface area contributed by atoms with Gasteiger partial charge in [-0.15, -0.1) is 0 Å². The van der Waals surface area contributed by atoms with Gasteiger partial charge in [-0.25, -0.2) is 9.78 Å². The molecule has 1 N–H and O–H groups in total. The highest BCUT2D eigenvalue weighted by Crippen LogP contribution is 2.29. The number of alkyl halides is 2. The quantitative estimate of drug-likeness (QED) is 0.738. The summed E-state index contributed by atoms with van der Waals surface area (Å²) < 4.78 is 28.8. The lowest BCUT2D eigenvalue weighted by Crippen LogP contribution is -2.03. The minimum atomic E-state index is -2.89. The van der Waals surface area contributed by atoms with Crippen molar-refractivity contribution in [2.45, 2.75) is 20.5 Å². The number of hydrogen-bond acceptors (Lipinski definition) is 3. The van der Waals surface area contributed by atoms with Crippen molar-refractivity contribution >= 4 is 16.9 Å². The molecule has 25 heavy (non-hydrogen) atoms. The monoisotopic (exact) mass is 343 g/mol. The van der Waals surface area contributed by atoms with Crippen molar-refractivity contribution in [1.82, 2.24) is 4.98 Å². The molecule has 0 aliphatic rings. The second-order valence-electron chi connectivity index (χ2n) is 5.74. The molecule has 0 atom stereocenters. The average molecular weight is 343 g/mol. The standard InChI is InChI=1S/C19H15F2NO3/c1-10-7-11(2)17-14(18(23)24)9-15(22-16(17)8-10)12-3-5-13(6-4-12)25-19(20)21/h3-9,19H,1-2H3,(H,23,24). The zero-order chi connectivity index (χ0) is 18.1. The van der Waals surface area contributed by atoms with Crippen LogP contribution in [-0.4, -0.2) is 22.7 Å². The number of fused-ring (bicyclic) bond motifs is 1. The SMILES string of the molecule is Cc1cc(C)c2c(C(=O)O)cc(-c3ccc(OC(F)F)cc3)nc2c1. The molecule has 4 nitrogen and oxygen atoms in total. The van der Waals surface area contributed by atoms with Crippen molar-refractivity contribution in [3.05, 3.63) is 59.2 Å². The van der Waals surface area contributed by atoms with E-state index >= 15 is 0 Å². The first-order valence-corrected chi connectivity index (χ1v) is 7.55. The van der Waals surface area contributed by atoms with Crippen LogP contribution in [0.2, 0.25) is 0 Å². The maximum atomic E-state index is 12.2. The second kappa shape index (κ2) is 6.47. The third-order valence-corrected chi connectivity index (χ3v) is 3.86. The van der Waals surface area contributed by atoms with Gasteiger partial charge in [0, 0.05) is 10.9 Å². The van der Waals surface area contributed by atoms with Gasteiger partial charge in [0.05, 0.1) is 16.8 Å². The molecule has 2 aromatic carbocycles. The lowest BCUT2D eigenvalue weighted by molar-refractivity contribution is -0.0498. The van der Waals surface area contributed by atoms with Gasteiger partial charge in [0.25, 0.3) is 0 Å². The van der Waals surface area contributed by atoms with E-state index in [1.165, 1.54) is 18.2 Å². The maximum absolute atomic E-state index is 12.2. The molecule has 3 aromatic rings. The summed E-state index contributed by atoms with van der Waals surface area (Å²) in [7, 11) is 0. The van der Waals surface area contributed by atoms with E-state index in [1.54, 1.807) is 12.1 Å². The fourth-order valence-corrected chi connectivity index (χ4v) is 2.88. The molecule has 0 fully saturated rings. The third kappa shape index (κ3) is 3.42. The summed E-state index contributed by atoms with van der Waals surface area (Å²) >= 11 is 0. The van der Waals surface area contributed by atoms with Gasteiger partial charge in [-0.2, -0.15) is 8.78 Å². The normalized spacial score (nSPS) is 11.1. The van der Waals surface area contributed by atoms with Gasteiger partial charge >= 0.3 is 12.6 Å². The molecule has 0 aliphatic heterocycles. The van der Waals surface area contributed by atoms with E-state index in [1.807, 2.05) is 26.0 Å². The third-order valence-electron chi connectivity index (χ3n) is 3.86. The molecule has 1 heterocycles. The first-order valence-electron chi connectivity index (χ1n) is 7.55. The molecule has 0 amide bonds. The summed E-state index contributed by atoms with van der Waals surface area (Å²) in [6, 6.07) is 11.2. The fourth-order valence-electron chi connectivity index (χ4n) is 2.88. The first-order chi connectivity index (χ1) is 11.8. The maximum Gasteiger partial charge on any atom is 0.387 e. The number of aromatic nitrogens is 1. The molecule has 6 heteroatoms. The van der Waals surface area contributed by atoms with E-state index in [0.29, 0.717) is 22.2 Å². The highest BCUT2D eigenvalue weighted by molar-refractivity contribution is 6.05. The number of rotatable bonds is 4. The van der Waals surface area contributed by atoms with Crippen molar-refractivity contribution in [3.8, 4) is 17.0 Å². The van der Waals surface area contributed by atoms with Crippen molar-refractivity contribution in [2.75, 3.05) is 0 Å². The molecule has 0 spiro atoms. The van der Waals surface area contributed by atoms with Crippen LogP contribution in [0.5, 0.6) is 5.75 Å². The zero-order valence-electron chi connectivity index (χ0n) is 13.6. The number of aryl methyl sites for hydroxylation is 2. The topological polar surface area (TPSA) is 59.4 Å². The minimum Gasteiger partial charge on any atom is -0.478 e. The fraction of sp³-hybridized carbons (Fsp3) is 0.158. The Balaban J connectivity index is 2.15. The van der Waals surface area contributed by atoms with E-state index in [9.17, 15) is 18.7 Å². The number of aromatic carboxylic acids is 1. The summed E-state index contributed by atoms with van der Waals surface area (Å²) in [5, 5.41) is 10.2. The number of halogens is 2. The summed E-state index contributed by atoms with van der Waals surface area (Å²) in [4.78, 5) is 16.2. The zero-order valence-corrected chi connectivity index (χ0v) is 13.6. The van der Waals surface area contributed by atoms with Crippen LogP contribution in [0.15, 0.2) is 42.5 Å². The smallest absolute Gasteiger partial charge is 0.387 e. The van der Waals surface area contributed by atoms with Crippen LogP contribution in [0.3, 0.4) is 0 Å². The van der Waals surface area contributed by atoms with Crippen LogP contribution in [0, 0.1) is 13.8 Å². The van der Waals surface area contributed by atoms with Gasteiger partial charge in [0.2, 0.25) is 0 Å². The van der Waals surface area contributed by atoms with Gasteiger partial charge in [0.15, 0.2) is 0 Å². The van der Waals surface area contributed by atoms with E-state index in [2.05, 4.69) is 9.72 Å². The predicted molar refractivity (Wildman–Crippen MR) is 90.2 cm³/mol. The van der Waals surface area contributed by atoms with Crippen LogP contribution in [0.4, 0.5) is 8.78 Å². The lowest BCUT2D eigenvalue weighted by atomic mass is 9.99. The largest absolute Gasteiger partial charge is 0.478 e. The van der Waals surface area contributed by atoms with Crippen LogP contribution < -0.4 is 4.74 Å². The van der Waals surface area contributed by atoms with E-state index in [0.717, 1.165) is 11.1 Å². The lowest BCUT2D eigenvalue weighted by Gasteiger charge is -2.11. The van der Waals surface area contributed by atoms with Crippen LogP contribution in [-0.2, 0) is 0 Å². The number of benzene rings is 2. The summed E-state index contributed by atoms with van der Waals surface area (Å²) in [5.74, 6) is -1.01. The van der Waals surface area contributed by atoms with Crippen molar-refractivity contribution in [1.29, 1.82) is 0 Å². The van der Waals surface area contributed by atoms with E-state index in [4.69, 9.17) is 0 Å². The molecular weight excluding hydrogens is 328 g/mol.